The first-order valence-corrected chi connectivity index (χ1v) is 5.25. The first kappa shape index (κ1) is 12.6. The van der Waals surface area contributed by atoms with Gasteiger partial charge in [0.15, 0.2) is 12.0 Å². The molecular formula is C12H12O6. The van der Waals surface area contributed by atoms with Gasteiger partial charge in [0.2, 0.25) is 0 Å². The van der Waals surface area contributed by atoms with Gasteiger partial charge in [0.25, 0.3) is 0 Å². The summed E-state index contributed by atoms with van der Waals surface area (Å²) < 4.78 is 10.2. The lowest BCUT2D eigenvalue weighted by molar-refractivity contribution is 0.108. The Bertz CT molecular complexity index is 539. The zero-order valence-corrected chi connectivity index (χ0v) is 9.37. The van der Waals surface area contributed by atoms with Crippen molar-refractivity contribution < 1.29 is 28.9 Å². The van der Waals surface area contributed by atoms with Crippen LogP contribution in [0.4, 0.5) is 0 Å². The van der Waals surface area contributed by atoms with E-state index in [0.29, 0.717) is 12.0 Å². The number of rotatable bonds is 5. The first-order chi connectivity index (χ1) is 8.69. The van der Waals surface area contributed by atoms with E-state index in [-0.39, 0.29) is 36.1 Å². The van der Waals surface area contributed by atoms with Crippen molar-refractivity contribution in [2.45, 2.75) is 19.3 Å². The average Bonchev–Trinajstić information content (AvgIpc) is 3.03. The minimum Gasteiger partial charge on any atom is -0.460 e. The van der Waals surface area contributed by atoms with Crippen LogP contribution in [0.15, 0.2) is 27.0 Å². The van der Waals surface area contributed by atoms with Crippen LogP contribution in [0.2, 0.25) is 0 Å². The van der Waals surface area contributed by atoms with Gasteiger partial charge in [0.1, 0.15) is 36.6 Å². The van der Waals surface area contributed by atoms with Crippen LogP contribution in [0.25, 0.3) is 0 Å². The van der Waals surface area contributed by atoms with E-state index < -0.39 is 6.10 Å². The highest BCUT2D eigenvalue weighted by molar-refractivity contribution is 5.73. The van der Waals surface area contributed by atoms with E-state index in [4.69, 9.17) is 19.0 Å². The first-order valence-electron chi connectivity index (χ1n) is 5.25. The molecule has 3 N–H and O–H groups in total. The third-order valence-corrected chi connectivity index (χ3v) is 2.51. The number of furan rings is 2. The molecule has 2 aromatic heterocycles. The molecule has 0 aliphatic carbocycles. The molecule has 96 valence electrons. The highest BCUT2D eigenvalue weighted by atomic mass is 16.4. The van der Waals surface area contributed by atoms with Crippen LogP contribution in [0, 0.1) is 0 Å². The molecule has 2 rings (SSSR count). The molecule has 0 aliphatic rings. The van der Waals surface area contributed by atoms with Crippen LogP contribution in [0.1, 0.15) is 39.5 Å². The second-order valence-corrected chi connectivity index (χ2v) is 3.67. The molecule has 0 bridgehead atoms. The Morgan fingerprint density at radius 1 is 1.17 bits per heavy atom. The molecule has 2 heterocycles. The smallest absolute Gasteiger partial charge is 0.185 e. The summed E-state index contributed by atoms with van der Waals surface area (Å²) in [6.45, 7) is -0.645. The molecule has 2 aromatic rings. The van der Waals surface area contributed by atoms with Crippen LogP contribution < -0.4 is 0 Å². The van der Waals surface area contributed by atoms with E-state index >= 15 is 0 Å². The van der Waals surface area contributed by atoms with Crippen LogP contribution in [0.3, 0.4) is 0 Å². The van der Waals surface area contributed by atoms with Crippen molar-refractivity contribution in [1.82, 2.24) is 0 Å². The number of aldehydes is 1. The molecule has 0 saturated carbocycles. The highest BCUT2D eigenvalue weighted by Crippen LogP contribution is 2.28. The van der Waals surface area contributed by atoms with Crippen LogP contribution in [-0.2, 0) is 13.2 Å². The van der Waals surface area contributed by atoms with Gasteiger partial charge in [-0.15, -0.1) is 0 Å². The maximum absolute atomic E-state index is 10.8. The number of carbonyl (C=O) groups excluding carboxylic acids is 1. The summed E-state index contributed by atoms with van der Waals surface area (Å²) in [5, 5.41) is 27.8. The van der Waals surface area contributed by atoms with Gasteiger partial charge >= 0.3 is 0 Å². The van der Waals surface area contributed by atoms with Crippen LogP contribution in [0.5, 0.6) is 0 Å². The fraction of sp³-hybridized carbons (Fsp3) is 0.250. The number of aliphatic hydroxyl groups excluding tert-OH is 3. The quantitative estimate of drug-likeness (QED) is 0.678. The Kier molecular flexibility index (Phi) is 3.61. The Morgan fingerprint density at radius 3 is 2.44 bits per heavy atom. The topological polar surface area (TPSA) is 104 Å². The third-order valence-electron chi connectivity index (χ3n) is 2.51. The van der Waals surface area contributed by atoms with Gasteiger partial charge in [-0.1, -0.05) is 0 Å². The lowest BCUT2D eigenvalue weighted by atomic mass is 10.1. The average molecular weight is 252 g/mol. The number of hydrogen-bond acceptors (Lipinski definition) is 6. The Hall–Kier alpha value is -1.89. The summed E-state index contributed by atoms with van der Waals surface area (Å²) in [6.07, 6.45) is -0.734. The van der Waals surface area contributed by atoms with Crippen molar-refractivity contribution in [3.63, 3.8) is 0 Å². The van der Waals surface area contributed by atoms with Crippen LogP contribution >= 0.6 is 0 Å². The molecule has 0 fully saturated rings. The Morgan fingerprint density at radius 2 is 1.89 bits per heavy atom. The van der Waals surface area contributed by atoms with E-state index in [9.17, 15) is 9.90 Å². The summed E-state index contributed by atoms with van der Waals surface area (Å²) >= 11 is 0. The molecule has 0 aliphatic heterocycles. The van der Waals surface area contributed by atoms with Crippen molar-refractivity contribution in [2.24, 2.45) is 0 Å². The van der Waals surface area contributed by atoms with Gasteiger partial charge in [0.05, 0.1) is 0 Å². The maximum atomic E-state index is 10.8. The zero-order valence-electron chi connectivity index (χ0n) is 9.37. The minimum atomic E-state index is -1.19. The van der Waals surface area contributed by atoms with Crippen molar-refractivity contribution in [1.29, 1.82) is 0 Å². The Balaban J connectivity index is 2.34. The molecule has 0 aromatic carbocycles. The maximum Gasteiger partial charge on any atom is 0.185 e. The lowest BCUT2D eigenvalue weighted by Gasteiger charge is -2.05. The highest BCUT2D eigenvalue weighted by Gasteiger charge is 2.22. The molecule has 0 radical (unpaired) electrons. The summed E-state index contributed by atoms with van der Waals surface area (Å²) in [7, 11) is 0. The SMILES string of the molecule is O=Cc1oc(CO)cc1C(O)c1ccc(CO)o1. The zero-order chi connectivity index (χ0) is 13.1. The largest absolute Gasteiger partial charge is 0.460 e. The molecule has 6 heteroatoms. The molecule has 1 atom stereocenters. The van der Waals surface area contributed by atoms with Gasteiger partial charge in [-0.2, -0.15) is 0 Å². The second kappa shape index (κ2) is 5.18. The van der Waals surface area contributed by atoms with Gasteiger partial charge in [-0.3, -0.25) is 4.79 Å². The molecule has 0 saturated heterocycles. The van der Waals surface area contributed by atoms with Gasteiger partial charge < -0.3 is 24.2 Å². The van der Waals surface area contributed by atoms with E-state index in [1.807, 2.05) is 0 Å². The second-order valence-electron chi connectivity index (χ2n) is 3.67. The van der Waals surface area contributed by atoms with Gasteiger partial charge in [-0.25, -0.2) is 0 Å². The molecule has 1 unspecified atom stereocenters. The fourth-order valence-corrected chi connectivity index (χ4v) is 1.64. The van der Waals surface area contributed by atoms with E-state index in [1.165, 1.54) is 18.2 Å². The summed E-state index contributed by atoms with van der Waals surface area (Å²) in [5.41, 5.74) is 0.216. The predicted molar refractivity (Wildman–Crippen MR) is 58.7 cm³/mol. The molecular weight excluding hydrogens is 240 g/mol. The van der Waals surface area contributed by atoms with Crippen molar-refractivity contribution >= 4 is 6.29 Å². The molecule has 18 heavy (non-hydrogen) atoms. The lowest BCUT2D eigenvalue weighted by Crippen LogP contribution is -1.99. The summed E-state index contributed by atoms with van der Waals surface area (Å²) in [6, 6.07) is 4.40. The number of aliphatic hydroxyl groups is 3. The van der Waals surface area contributed by atoms with Crippen molar-refractivity contribution in [3.8, 4) is 0 Å². The van der Waals surface area contributed by atoms with E-state index in [2.05, 4.69) is 0 Å². The summed E-state index contributed by atoms with van der Waals surface area (Å²) in [4.78, 5) is 10.8. The standard InChI is InChI=1S/C12H12O6/c13-4-7-1-2-10(17-7)12(16)9-3-8(5-14)18-11(9)6-15/h1-3,6,12-14,16H,4-5H2. The van der Waals surface area contributed by atoms with Gasteiger partial charge in [-0.05, 0) is 18.2 Å². The minimum absolute atomic E-state index is 0.0616. The number of hydrogen-bond donors (Lipinski definition) is 3. The predicted octanol–water partition coefficient (Wildman–Crippen LogP) is 0.751. The summed E-state index contributed by atoms with van der Waals surface area (Å²) in [5.74, 6) is 0.614. The molecule has 0 amide bonds. The normalized spacial score (nSPS) is 12.6. The molecule has 0 spiro atoms. The fourth-order valence-electron chi connectivity index (χ4n) is 1.64. The monoisotopic (exact) mass is 252 g/mol. The van der Waals surface area contributed by atoms with Crippen LogP contribution in [-0.4, -0.2) is 21.6 Å². The van der Waals surface area contributed by atoms with Gasteiger partial charge in [0, 0.05) is 5.56 Å². The van der Waals surface area contributed by atoms with E-state index in [0.717, 1.165) is 0 Å². The Labute approximate surface area is 102 Å². The van der Waals surface area contributed by atoms with E-state index in [1.54, 1.807) is 0 Å². The number of carbonyl (C=O) groups is 1. The van der Waals surface area contributed by atoms with Crippen molar-refractivity contribution in [2.75, 3.05) is 0 Å². The molecule has 6 nitrogen and oxygen atoms in total. The van der Waals surface area contributed by atoms with Crippen molar-refractivity contribution in [3.05, 3.63) is 46.8 Å². The third kappa shape index (κ3) is 2.21.